The van der Waals surface area contributed by atoms with E-state index in [9.17, 15) is 10.1 Å². The summed E-state index contributed by atoms with van der Waals surface area (Å²) in [5, 5.41) is 24.9. The maximum atomic E-state index is 10.9. The Hall–Kier alpha value is -4.89. The second kappa shape index (κ2) is 11.7. The molecule has 3 heterocycles. The van der Waals surface area contributed by atoms with Crippen molar-refractivity contribution in [1.82, 2.24) is 25.2 Å². The molecule has 0 amide bonds. The van der Waals surface area contributed by atoms with Crippen LogP contribution >= 0.6 is 0 Å². The van der Waals surface area contributed by atoms with Crippen LogP contribution in [0.25, 0.3) is 17.0 Å². The minimum Gasteiger partial charge on any atom is -0.480 e. The Morgan fingerprint density at radius 1 is 1.16 bits per heavy atom. The summed E-state index contributed by atoms with van der Waals surface area (Å²) >= 11 is 0. The highest BCUT2D eigenvalue weighted by molar-refractivity contribution is 5.70. The van der Waals surface area contributed by atoms with Gasteiger partial charge in [-0.25, -0.2) is 20.5 Å². The SMILES string of the molecule is N#Cc1cccc(-c2cc(/C(=C/NCc3cccc(N4CCN(CC(=O)O)CC4)n3)N=N)nc(N)n2)c1. The number of piperazine rings is 1. The molecule has 1 saturated heterocycles. The first-order valence-corrected chi connectivity index (χ1v) is 11.6. The normalized spacial score (nSPS) is 14.1. The first-order chi connectivity index (χ1) is 17.9. The second-order valence-electron chi connectivity index (χ2n) is 8.36. The zero-order chi connectivity index (χ0) is 26.2. The highest BCUT2D eigenvalue weighted by Crippen LogP contribution is 2.23. The first-order valence-electron chi connectivity index (χ1n) is 11.6. The maximum Gasteiger partial charge on any atom is 0.317 e. The number of nitrogen functional groups attached to an aromatic ring is 1. The molecule has 3 aromatic rings. The molecule has 0 aliphatic carbocycles. The zero-order valence-electron chi connectivity index (χ0n) is 20.0. The van der Waals surface area contributed by atoms with Crippen molar-refractivity contribution < 1.29 is 9.90 Å². The molecule has 0 atom stereocenters. The quantitative estimate of drug-likeness (QED) is 0.320. The number of hydrogen-bond acceptors (Lipinski definition) is 11. The second-order valence-corrected chi connectivity index (χ2v) is 8.36. The summed E-state index contributed by atoms with van der Waals surface area (Å²) in [5.74, 6) is 0.0410. The number of anilines is 2. The number of aliphatic carboxylic acids is 1. The molecule has 4 rings (SSSR count). The number of nitrogens with two attached hydrogens (primary N) is 1. The van der Waals surface area contributed by atoms with Gasteiger partial charge >= 0.3 is 5.97 Å². The first kappa shape index (κ1) is 25.2. The standard InChI is InChI=1S/C25H26N10O2/c26-13-17-3-1-4-18(11-17)20-12-21(32-25(27)31-20)22(33-28)15-29-14-19-5-2-6-23(30-19)35-9-7-34(8-10-35)16-24(36)37/h1-6,11-12,15,28-29H,7-10,14,16H2,(H,36,37)(H2,27,31,32)/b22-15-,33-28?. The van der Waals surface area contributed by atoms with Gasteiger partial charge in [-0.15, -0.1) is 0 Å². The van der Waals surface area contributed by atoms with Crippen LogP contribution in [0.4, 0.5) is 11.8 Å². The molecule has 37 heavy (non-hydrogen) atoms. The number of carboxylic acids is 1. The smallest absolute Gasteiger partial charge is 0.317 e. The van der Waals surface area contributed by atoms with Gasteiger partial charge in [0.2, 0.25) is 5.95 Å². The van der Waals surface area contributed by atoms with Gasteiger partial charge in [-0.05, 0) is 30.3 Å². The van der Waals surface area contributed by atoms with Crippen molar-refractivity contribution >= 4 is 23.4 Å². The van der Waals surface area contributed by atoms with Gasteiger partial charge < -0.3 is 21.1 Å². The van der Waals surface area contributed by atoms with Gasteiger partial charge in [-0.2, -0.15) is 10.4 Å². The lowest BCUT2D eigenvalue weighted by Gasteiger charge is -2.34. The molecule has 5 N–H and O–H groups in total. The van der Waals surface area contributed by atoms with Crippen LogP contribution < -0.4 is 16.0 Å². The molecular formula is C25H26N10O2. The van der Waals surface area contributed by atoms with E-state index in [2.05, 4.69) is 31.4 Å². The summed E-state index contributed by atoms with van der Waals surface area (Å²) in [7, 11) is 0. The van der Waals surface area contributed by atoms with E-state index in [1.54, 1.807) is 30.5 Å². The number of nitrogens with zero attached hydrogens (tertiary/aromatic N) is 7. The van der Waals surface area contributed by atoms with Crippen LogP contribution in [0.5, 0.6) is 0 Å². The molecule has 0 unspecified atom stereocenters. The molecule has 2 aromatic heterocycles. The monoisotopic (exact) mass is 498 g/mol. The third-order valence-corrected chi connectivity index (χ3v) is 5.78. The van der Waals surface area contributed by atoms with E-state index in [4.69, 9.17) is 21.4 Å². The lowest BCUT2D eigenvalue weighted by atomic mass is 10.1. The Balaban J connectivity index is 1.44. The van der Waals surface area contributed by atoms with Crippen LogP contribution in [0.15, 0.2) is 59.8 Å². The molecule has 1 fully saturated rings. The van der Waals surface area contributed by atoms with E-state index in [-0.39, 0.29) is 18.2 Å². The number of nitriles is 1. The molecule has 188 valence electrons. The summed E-state index contributed by atoms with van der Waals surface area (Å²) in [4.78, 5) is 28.2. The fraction of sp³-hybridized carbons (Fsp3) is 0.240. The van der Waals surface area contributed by atoms with Crippen molar-refractivity contribution in [3.8, 4) is 17.3 Å². The third kappa shape index (κ3) is 6.62. The number of pyridine rings is 1. The Morgan fingerprint density at radius 3 is 2.68 bits per heavy atom. The molecule has 0 bridgehead atoms. The van der Waals surface area contributed by atoms with E-state index >= 15 is 0 Å². The Labute approximate surface area is 213 Å². The molecule has 1 aliphatic rings. The highest BCUT2D eigenvalue weighted by Gasteiger charge is 2.19. The largest absolute Gasteiger partial charge is 0.480 e. The lowest BCUT2D eigenvalue weighted by Crippen LogP contribution is -2.48. The number of carbonyl (C=O) groups is 1. The summed E-state index contributed by atoms with van der Waals surface area (Å²) in [5.41, 5.74) is 16.7. The van der Waals surface area contributed by atoms with Crippen molar-refractivity contribution in [2.24, 2.45) is 5.11 Å². The number of hydrogen-bond donors (Lipinski definition) is 4. The predicted molar refractivity (Wildman–Crippen MR) is 137 cm³/mol. The summed E-state index contributed by atoms with van der Waals surface area (Å²) in [6, 6.07) is 16.5. The van der Waals surface area contributed by atoms with E-state index < -0.39 is 5.97 Å². The molecule has 1 aliphatic heterocycles. The number of rotatable bonds is 9. The number of aromatic nitrogens is 3. The van der Waals surface area contributed by atoms with E-state index in [0.717, 1.165) is 11.5 Å². The number of nitrogens with one attached hydrogen (secondary N) is 2. The Bertz CT molecular complexity index is 1360. The topological polar surface area (TPSA) is 181 Å². The van der Waals surface area contributed by atoms with Gasteiger partial charge in [-0.1, -0.05) is 18.2 Å². The Morgan fingerprint density at radius 2 is 1.95 bits per heavy atom. The van der Waals surface area contributed by atoms with Crippen molar-refractivity contribution in [3.05, 3.63) is 71.7 Å². The van der Waals surface area contributed by atoms with Crippen molar-refractivity contribution in [2.75, 3.05) is 43.4 Å². The average molecular weight is 499 g/mol. The van der Waals surface area contributed by atoms with Crippen LogP contribution in [-0.2, 0) is 11.3 Å². The molecular weight excluding hydrogens is 472 g/mol. The van der Waals surface area contributed by atoms with Gasteiger partial charge in [0.15, 0.2) is 0 Å². The van der Waals surface area contributed by atoms with E-state index in [1.165, 1.54) is 0 Å². The van der Waals surface area contributed by atoms with Crippen molar-refractivity contribution in [2.45, 2.75) is 6.54 Å². The van der Waals surface area contributed by atoms with Gasteiger partial charge in [0, 0.05) is 37.9 Å². The van der Waals surface area contributed by atoms with Gasteiger partial charge in [0.25, 0.3) is 0 Å². The summed E-state index contributed by atoms with van der Waals surface area (Å²) in [6.45, 7) is 3.17. The van der Waals surface area contributed by atoms with Crippen LogP contribution in [0.2, 0.25) is 0 Å². The molecule has 12 heteroatoms. The molecule has 0 saturated carbocycles. The van der Waals surface area contributed by atoms with Crippen molar-refractivity contribution in [3.63, 3.8) is 0 Å². The molecule has 1 aromatic carbocycles. The minimum atomic E-state index is -0.819. The van der Waals surface area contributed by atoms with Crippen LogP contribution in [0.3, 0.4) is 0 Å². The average Bonchev–Trinajstić information content (AvgIpc) is 2.91. The van der Waals surface area contributed by atoms with Gasteiger partial charge in [-0.3, -0.25) is 9.69 Å². The highest BCUT2D eigenvalue weighted by atomic mass is 16.4. The lowest BCUT2D eigenvalue weighted by molar-refractivity contribution is -0.138. The Kier molecular flexibility index (Phi) is 7.97. The van der Waals surface area contributed by atoms with Gasteiger partial charge in [0.05, 0.1) is 41.8 Å². The summed E-state index contributed by atoms with van der Waals surface area (Å²) in [6.07, 6.45) is 1.57. The van der Waals surface area contributed by atoms with Gasteiger partial charge in [0.1, 0.15) is 11.5 Å². The number of carboxylic acid groups (broad SMARTS) is 1. The van der Waals surface area contributed by atoms with Crippen LogP contribution in [0.1, 0.15) is 17.0 Å². The van der Waals surface area contributed by atoms with E-state index in [1.807, 2.05) is 29.2 Å². The van der Waals surface area contributed by atoms with Crippen molar-refractivity contribution in [1.29, 1.82) is 10.8 Å². The van der Waals surface area contributed by atoms with Crippen LogP contribution in [-0.4, -0.2) is 63.7 Å². The molecule has 0 spiro atoms. The molecule has 12 nitrogen and oxygen atoms in total. The zero-order valence-corrected chi connectivity index (χ0v) is 20.0. The number of benzene rings is 1. The van der Waals surface area contributed by atoms with Crippen LogP contribution in [0, 0.1) is 16.9 Å². The third-order valence-electron chi connectivity index (χ3n) is 5.78. The molecule has 0 radical (unpaired) electrons. The predicted octanol–water partition coefficient (Wildman–Crippen LogP) is 2.32. The maximum absolute atomic E-state index is 10.9. The minimum absolute atomic E-state index is 0.0298. The fourth-order valence-electron chi connectivity index (χ4n) is 3.98. The van der Waals surface area contributed by atoms with E-state index in [0.29, 0.717) is 55.2 Å². The summed E-state index contributed by atoms with van der Waals surface area (Å²) < 4.78 is 0. The fourth-order valence-corrected chi connectivity index (χ4v) is 3.98.